The fourth-order valence-corrected chi connectivity index (χ4v) is 2.60. The zero-order chi connectivity index (χ0) is 15.2. The number of aliphatic hydroxyl groups is 1. The topological polar surface area (TPSA) is 49.8 Å². The van der Waals surface area contributed by atoms with Crippen LogP contribution in [-0.2, 0) is 4.74 Å². The summed E-state index contributed by atoms with van der Waals surface area (Å²) in [5.41, 5.74) is 2.45. The molecule has 2 rings (SSSR count). The van der Waals surface area contributed by atoms with Gasteiger partial charge in [-0.1, -0.05) is 17.9 Å². The van der Waals surface area contributed by atoms with Gasteiger partial charge in [0.15, 0.2) is 0 Å². The van der Waals surface area contributed by atoms with Gasteiger partial charge in [-0.25, -0.2) is 0 Å². The molecule has 1 heterocycles. The second kappa shape index (κ2) is 7.26. The van der Waals surface area contributed by atoms with Crippen molar-refractivity contribution in [1.82, 2.24) is 4.90 Å². The third kappa shape index (κ3) is 3.84. The predicted octanol–water partition coefficient (Wildman–Crippen LogP) is 1.45. The predicted molar refractivity (Wildman–Crippen MR) is 81.0 cm³/mol. The Balaban J connectivity index is 2.13. The molecule has 1 saturated heterocycles. The number of benzene rings is 1. The lowest BCUT2D eigenvalue weighted by Gasteiger charge is -2.17. The van der Waals surface area contributed by atoms with Gasteiger partial charge in [0, 0.05) is 37.2 Å². The molecular weight excluding hydrogens is 266 g/mol. The van der Waals surface area contributed by atoms with E-state index >= 15 is 0 Å². The Hall–Kier alpha value is -1.83. The standard InChI is InChI=1S/C17H21NO3/c1-13-5-6-16(10-15(13)4-3-9-19)17(20)18-8-7-14(11-18)12-21-2/h5-6,10,14,19H,7-9,11-12H2,1-2H3. The number of hydrogen-bond acceptors (Lipinski definition) is 3. The Morgan fingerprint density at radius 1 is 1.52 bits per heavy atom. The van der Waals surface area contributed by atoms with Gasteiger partial charge in [-0.15, -0.1) is 0 Å². The number of nitrogens with zero attached hydrogens (tertiary/aromatic N) is 1. The summed E-state index contributed by atoms with van der Waals surface area (Å²) < 4.78 is 5.16. The first-order valence-corrected chi connectivity index (χ1v) is 7.14. The molecule has 1 aromatic rings. The Morgan fingerprint density at radius 2 is 2.33 bits per heavy atom. The fraction of sp³-hybridized carbons (Fsp3) is 0.471. The number of amides is 1. The molecule has 4 heteroatoms. The Bertz CT molecular complexity index is 571. The van der Waals surface area contributed by atoms with Gasteiger partial charge in [0.2, 0.25) is 0 Å². The smallest absolute Gasteiger partial charge is 0.253 e. The SMILES string of the molecule is COCC1CCN(C(=O)c2ccc(C)c(C#CCO)c2)C1. The van der Waals surface area contributed by atoms with E-state index in [-0.39, 0.29) is 12.5 Å². The van der Waals surface area contributed by atoms with Crippen LogP contribution >= 0.6 is 0 Å². The van der Waals surface area contributed by atoms with E-state index in [9.17, 15) is 4.79 Å². The molecule has 1 fully saturated rings. The van der Waals surface area contributed by atoms with E-state index in [1.807, 2.05) is 30.0 Å². The molecule has 0 spiro atoms. The number of rotatable bonds is 3. The van der Waals surface area contributed by atoms with Crippen LogP contribution in [0.3, 0.4) is 0 Å². The van der Waals surface area contributed by atoms with E-state index in [1.54, 1.807) is 7.11 Å². The maximum absolute atomic E-state index is 12.5. The summed E-state index contributed by atoms with van der Waals surface area (Å²) in [5.74, 6) is 5.99. The van der Waals surface area contributed by atoms with E-state index in [0.29, 0.717) is 18.1 Å². The molecule has 112 valence electrons. The van der Waals surface area contributed by atoms with E-state index in [4.69, 9.17) is 9.84 Å². The van der Waals surface area contributed by atoms with Crippen LogP contribution in [0.5, 0.6) is 0 Å². The first-order chi connectivity index (χ1) is 10.2. The number of hydrogen-bond donors (Lipinski definition) is 1. The van der Waals surface area contributed by atoms with Crippen LogP contribution in [0.25, 0.3) is 0 Å². The second-order valence-electron chi connectivity index (χ2n) is 5.35. The van der Waals surface area contributed by atoms with Crippen LogP contribution in [0.15, 0.2) is 18.2 Å². The molecule has 1 N–H and O–H groups in total. The van der Waals surface area contributed by atoms with E-state index < -0.39 is 0 Å². The summed E-state index contributed by atoms with van der Waals surface area (Å²) in [6.45, 7) is 3.99. The molecule has 0 radical (unpaired) electrons. The number of aliphatic hydroxyl groups excluding tert-OH is 1. The lowest BCUT2D eigenvalue weighted by molar-refractivity contribution is 0.0775. The van der Waals surface area contributed by atoms with Crippen LogP contribution < -0.4 is 0 Å². The molecule has 1 aliphatic rings. The van der Waals surface area contributed by atoms with Crippen molar-refractivity contribution < 1.29 is 14.6 Å². The zero-order valence-electron chi connectivity index (χ0n) is 12.6. The fourth-order valence-electron chi connectivity index (χ4n) is 2.60. The minimum absolute atomic E-state index is 0.0423. The van der Waals surface area contributed by atoms with Crippen LogP contribution in [0.4, 0.5) is 0 Å². The highest BCUT2D eigenvalue weighted by atomic mass is 16.5. The normalized spacial score (nSPS) is 17.5. The molecule has 1 aromatic carbocycles. The number of methoxy groups -OCH3 is 1. The number of carbonyl (C=O) groups excluding carboxylic acids is 1. The lowest BCUT2D eigenvalue weighted by Crippen LogP contribution is -2.29. The first-order valence-electron chi connectivity index (χ1n) is 7.14. The molecule has 0 bridgehead atoms. The van der Waals surface area contributed by atoms with Gasteiger partial charge in [-0.05, 0) is 31.0 Å². The van der Waals surface area contributed by atoms with Gasteiger partial charge >= 0.3 is 0 Å². The summed E-state index contributed by atoms with van der Waals surface area (Å²) in [5, 5.41) is 8.79. The van der Waals surface area contributed by atoms with Gasteiger partial charge in [0.25, 0.3) is 5.91 Å². The summed E-state index contributed by atoms with van der Waals surface area (Å²) in [7, 11) is 1.69. The van der Waals surface area contributed by atoms with Gasteiger partial charge in [0.05, 0.1) is 6.61 Å². The second-order valence-corrected chi connectivity index (χ2v) is 5.35. The first kappa shape index (κ1) is 15.6. The third-order valence-corrected chi connectivity index (χ3v) is 3.76. The van der Waals surface area contributed by atoms with Crippen LogP contribution in [0.2, 0.25) is 0 Å². The minimum Gasteiger partial charge on any atom is -0.384 e. The van der Waals surface area contributed by atoms with Crippen molar-refractivity contribution in [3.63, 3.8) is 0 Å². The van der Waals surface area contributed by atoms with Crippen molar-refractivity contribution in [2.45, 2.75) is 13.3 Å². The number of ether oxygens (including phenoxy) is 1. The van der Waals surface area contributed by atoms with Crippen LogP contribution in [-0.4, -0.2) is 49.3 Å². The number of aryl methyl sites for hydroxylation is 1. The van der Waals surface area contributed by atoms with Crippen molar-refractivity contribution in [3.8, 4) is 11.8 Å². The number of likely N-dealkylation sites (tertiary alicyclic amines) is 1. The van der Waals surface area contributed by atoms with Gasteiger partial charge < -0.3 is 14.7 Å². The monoisotopic (exact) mass is 287 g/mol. The molecule has 0 aliphatic carbocycles. The van der Waals surface area contributed by atoms with Crippen molar-refractivity contribution in [2.24, 2.45) is 5.92 Å². The molecular formula is C17H21NO3. The van der Waals surface area contributed by atoms with Crippen molar-refractivity contribution >= 4 is 5.91 Å². The molecule has 1 aliphatic heterocycles. The Labute approximate surface area is 125 Å². The summed E-state index contributed by atoms with van der Waals surface area (Å²) in [6.07, 6.45) is 0.989. The van der Waals surface area contributed by atoms with E-state index in [1.165, 1.54) is 0 Å². The molecule has 0 saturated carbocycles. The lowest BCUT2D eigenvalue weighted by atomic mass is 10.0. The molecule has 1 unspecified atom stereocenters. The average Bonchev–Trinajstić information content (AvgIpc) is 2.95. The Morgan fingerprint density at radius 3 is 3.05 bits per heavy atom. The van der Waals surface area contributed by atoms with Crippen molar-refractivity contribution in [2.75, 3.05) is 33.4 Å². The number of carbonyl (C=O) groups is 1. The largest absolute Gasteiger partial charge is 0.384 e. The summed E-state index contributed by atoms with van der Waals surface area (Å²) >= 11 is 0. The average molecular weight is 287 g/mol. The van der Waals surface area contributed by atoms with Crippen molar-refractivity contribution in [3.05, 3.63) is 34.9 Å². The Kier molecular flexibility index (Phi) is 5.38. The van der Waals surface area contributed by atoms with Crippen LogP contribution in [0, 0.1) is 24.7 Å². The highest BCUT2D eigenvalue weighted by molar-refractivity contribution is 5.94. The van der Waals surface area contributed by atoms with Gasteiger partial charge in [-0.3, -0.25) is 4.79 Å². The van der Waals surface area contributed by atoms with E-state index in [0.717, 1.165) is 30.6 Å². The molecule has 4 nitrogen and oxygen atoms in total. The maximum atomic E-state index is 12.5. The zero-order valence-corrected chi connectivity index (χ0v) is 12.6. The van der Waals surface area contributed by atoms with Crippen LogP contribution in [0.1, 0.15) is 27.9 Å². The molecule has 21 heavy (non-hydrogen) atoms. The minimum atomic E-state index is -0.178. The quantitative estimate of drug-likeness (QED) is 0.856. The highest BCUT2D eigenvalue weighted by Gasteiger charge is 2.26. The van der Waals surface area contributed by atoms with Gasteiger partial charge in [-0.2, -0.15) is 0 Å². The molecule has 0 aromatic heterocycles. The molecule has 1 amide bonds. The maximum Gasteiger partial charge on any atom is 0.253 e. The summed E-state index contributed by atoms with van der Waals surface area (Å²) in [6, 6.07) is 5.55. The third-order valence-electron chi connectivity index (χ3n) is 3.76. The van der Waals surface area contributed by atoms with E-state index in [2.05, 4.69) is 11.8 Å². The highest BCUT2D eigenvalue weighted by Crippen LogP contribution is 2.20. The van der Waals surface area contributed by atoms with Crippen molar-refractivity contribution in [1.29, 1.82) is 0 Å². The molecule has 1 atom stereocenters. The van der Waals surface area contributed by atoms with Gasteiger partial charge in [0.1, 0.15) is 6.61 Å². The summed E-state index contributed by atoms with van der Waals surface area (Å²) in [4.78, 5) is 14.4.